The topological polar surface area (TPSA) is 70.6 Å². The highest BCUT2D eigenvalue weighted by Crippen LogP contribution is 2.30. The molecule has 3 aromatic carbocycles. The molecule has 0 bridgehead atoms. The van der Waals surface area contributed by atoms with Crippen molar-refractivity contribution < 1.29 is 14.6 Å². The fourth-order valence-corrected chi connectivity index (χ4v) is 2.47. The number of hydrogen-bond donors (Lipinski definition) is 3. The third-order valence-electron chi connectivity index (χ3n) is 3.71. The van der Waals surface area contributed by atoms with Crippen LogP contribution in [0.4, 0.5) is 16.2 Å². The summed E-state index contributed by atoms with van der Waals surface area (Å²) in [6, 6.07) is 21.4. The molecule has 0 aliphatic heterocycles. The molecule has 3 rings (SSSR count). The normalized spacial score (nSPS) is 10.1. The van der Waals surface area contributed by atoms with Crippen molar-refractivity contribution in [2.24, 2.45) is 0 Å². The lowest BCUT2D eigenvalue weighted by Crippen LogP contribution is -2.19. The molecule has 0 atom stereocenters. The Morgan fingerprint density at radius 3 is 2.28 bits per heavy atom. The molecule has 5 nitrogen and oxygen atoms in total. The van der Waals surface area contributed by atoms with Crippen LogP contribution in [0.5, 0.6) is 11.5 Å². The van der Waals surface area contributed by atoms with E-state index in [1.165, 1.54) is 7.11 Å². The van der Waals surface area contributed by atoms with Crippen molar-refractivity contribution in [2.75, 3.05) is 17.7 Å². The van der Waals surface area contributed by atoms with Crippen molar-refractivity contribution in [1.29, 1.82) is 0 Å². The number of methoxy groups -OCH3 is 1. The molecule has 3 aromatic rings. The Labute approximate surface area is 145 Å². The largest absolute Gasteiger partial charge is 0.506 e. The minimum absolute atomic E-state index is 0.00476. The number of carbonyl (C=O) groups excluding carboxylic acids is 1. The van der Waals surface area contributed by atoms with Crippen LogP contribution in [-0.2, 0) is 0 Å². The van der Waals surface area contributed by atoms with E-state index in [1.807, 2.05) is 36.4 Å². The molecule has 0 heterocycles. The maximum absolute atomic E-state index is 12.3. The van der Waals surface area contributed by atoms with Gasteiger partial charge in [-0.25, -0.2) is 4.79 Å². The minimum Gasteiger partial charge on any atom is -0.506 e. The van der Waals surface area contributed by atoms with Crippen LogP contribution in [0.25, 0.3) is 11.1 Å². The fourth-order valence-electron chi connectivity index (χ4n) is 2.47. The standard InChI is InChI=1S/C20H18N2O3/c1-25-19-10-6-5-9-16(19)21-20(24)22-17-13-15(11-12-18(17)23)14-7-3-2-4-8-14/h2-13,23H,1H3,(H2,21,22,24). The Morgan fingerprint density at radius 2 is 1.52 bits per heavy atom. The lowest BCUT2D eigenvalue weighted by molar-refractivity contribution is 0.262. The quantitative estimate of drug-likeness (QED) is 0.605. The van der Waals surface area contributed by atoms with Crippen LogP contribution in [0, 0.1) is 0 Å². The number of amides is 2. The minimum atomic E-state index is -0.468. The van der Waals surface area contributed by atoms with E-state index in [1.54, 1.807) is 36.4 Å². The SMILES string of the molecule is COc1ccccc1NC(=O)Nc1cc(-c2ccccc2)ccc1O. The van der Waals surface area contributed by atoms with Crippen LogP contribution in [0.3, 0.4) is 0 Å². The summed E-state index contributed by atoms with van der Waals surface area (Å²) in [5, 5.41) is 15.4. The number of carbonyl (C=O) groups is 1. The first kappa shape index (κ1) is 16.4. The summed E-state index contributed by atoms with van der Waals surface area (Å²) in [4.78, 5) is 12.3. The number of hydrogen-bond acceptors (Lipinski definition) is 3. The zero-order valence-corrected chi connectivity index (χ0v) is 13.7. The van der Waals surface area contributed by atoms with Crippen LogP contribution in [0.15, 0.2) is 72.8 Å². The molecule has 0 aromatic heterocycles. The summed E-state index contributed by atoms with van der Waals surface area (Å²) in [5.41, 5.74) is 2.76. The molecule has 5 heteroatoms. The molecular formula is C20H18N2O3. The van der Waals surface area contributed by atoms with Crippen molar-refractivity contribution in [1.82, 2.24) is 0 Å². The number of nitrogens with one attached hydrogen (secondary N) is 2. The van der Waals surface area contributed by atoms with Crippen molar-refractivity contribution >= 4 is 17.4 Å². The van der Waals surface area contributed by atoms with E-state index >= 15 is 0 Å². The number of phenolic OH excluding ortho intramolecular Hbond substituents is 1. The molecule has 0 saturated carbocycles. The smallest absolute Gasteiger partial charge is 0.323 e. The number of anilines is 2. The average Bonchev–Trinajstić information content (AvgIpc) is 2.64. The first-order valence-corrected chi connectivity index (χ1v) is 7.77. The van der Waals surface area contributed by atoms with E-state index in [0.29, 0.717) is 17.1 Å². The molecule has 0 radical (unpaired) electrons. The molecule has 3 N–H and O–H groups in total. The Morgan fingerprint density at radius 1 is 0.840 bits per heavy atom. The number of para-hydroxylation sites is 2. The van der Waals surface area contributed by atoms with E-state index in [4.69, 9.17) is 4.74 Å². The van der Waals surface area contributed by atoms with Gasteiger partial charge in [-0.2, -0.15) is 0 Å². The van der Waals surface area contributed by atoms with E-state index < -0.39 is 6.03 Å². The molecule has 2 amide bonds. The number of phenols is 1. The number of urea groups is 1. The van der Waals surface area contributed by atoms with Crippen molar-refractivity contribution in [3.05, 3.63) is 72.8 Å². The molecule has 0 unspecified atom stereocenters. The fraction of sp³-hybridized carbons (Fsp3) is 0.0500. The van der Waals surface area contributed by atoms with Gasteiger partial charge in [0, 0.05) is 0 Å². The van der Waals surface area contributed by atoms with Crippen molar-refractivity contribution in [2.45, 2.75) is 0 Å². The predicted molar refractivity (Wildman–Crippen MR) is 99.2 cm³/mol. The van der Waals surface area contributed by atoms with Gasteiger partial charge in [-0.3, -0.25) is 0 Å². The molecule has 126 valence electrons. The van der Waals surface area contributed by atoms with Gasteiger partial charge in [0.2, 0.25) is 0 Å². The summed E-state index contributed by atoms with van der Waals surface area (Å²) in [5.74, 6) is 0.551. The molecule has 0 fully saturated rings. The van der Waals surface area contributed by atoms with Crippen LogP contribution in [0.2, 0.25) is 0 Å². The number of benzene rings is 3. The molecule has 0 spiro atoms. The van der Waals surface area contributed by atoms with Gasteiger partial charge in [0.05, 0.1) is 18.5 Å². The van der Waals surface area contributed by atoms with Crippen LogP contribution < -0.4 is 15.4 Å². The summed E-state index contributed by atoms with van der Waals surface area (Å²) in [7, 11) is 1.54. The highest BCUT2D eigenvalue weighted by atomic mass is 16.5. The highest BCUT2D eigenvalue weighted by molar-refractivity contribution is 6.01. The summed E-state index contributed by atoms with van der Waals surface area (Å²) in [6.07, 6.45) is 0. The van der Waals surface area contributed by atoms with Crippen LogP contribution in [-0.4, -0.2) is 18.2 Å². The number of rotatable bonds is 4. The molecule has 0 aliphatic rings. The third-order valence-corrected chi connectivity index (χ3v) is 3.71. The van der Waals surface area contributed by atoms with E-state index in [-0.39, 0.29) is 5.75 Å². The summed E-state index contributed by atoms with van der Waals surface area (Å²) >= 11 is 0. The highest BCUT2D eigenvalue weighted by Gasteiger charge is 2.10. The van der Waals surface area contributed by atoms with E-state index in [9.17, 15) is 9.90 Å². The zero-order chi connectivity index (χ0) is 17.6. The van der Waals surface area contributed by atoms with Crippen LogP contribution in [0.1, 0.15) is 0 Å². The van der Waals surface area contributed by atoms with Gasteiger partial charge in [-0.05, 0) is 35.4 Å². The monoisotopic (exact) mass is 334 g/mol. The van der Waals surface area contributed by atoms with E-state index in [0.717, 1.165) is 11.1 Å². The lowest BCUT2D eigenvalue weighted by atomic mass is 10.0. The van der Waals surface area contributed by atoms with Gasteiger partial charge < -0.3 is 20.5 Å². The number of aromatic hydroxyl groups is 1. The Kier molecular flexibility index (Phi) is 4.85. The number of ether oxygens (including phenoxy) is 1. The second-order valence-electron chi connectivity index (χ2n) is 5.38. The van der Waals surface area contributed by atoms with Crippen molar-refractivity contribution in [3.63, 3.8) is 0 Å². The summed E-state index contributed by atoms with van der Waals surface area (Å²) in [6.45, 7) is 0. The van der Waals surface area contributed by atoms with Crippen LogP contribution >= 0.6 is 0 Å². The zero-order valence-electron chi connectivity index (χ0n) is 13.7. The molecular weight excluding hydrogens is 316 g/mol. The molecule has 0 aliphatic carbocycles. The van der Waals surface area contributed by atoms with Crippen molar-refractivity contribution in [3.8, 4) is 22.6 Å². The van der Waals surface area contributed by atoms with Gasteiger partial charge in [-0.15, -0.1) is 0 Å². The Hall–Kier alpha value is -3.47. The second-order valence-corrected chi connectivity index (χ2v) is 5.38. The average molecular weight is 334 g/mol. The second kappa shape index (κ2) is 7.40. The van der Waals surface area contributed by atoms with Gasteiger partial charge in [0.15, 0.2) is 0 Å². The third kappa shape index (κ3) is 3.90. The van der Waals surface area contributed by atoms with Gasteiger partial charge in [0.1, 0.15) is 11.5 Å². The predicted octanol–water partition coefficient (Wildman–Crippen LogP) is 4.71. The summed E-state index contributed by atoms with van der Waals surface area (Å²) < 4.78 is 5.21. The lowest BCUT2D eigenvalue weighted by Gasteiger charge is -2.12. The van der Waals surface area contributed by atoms with Gasteiger partial charge in [-0.1, -0.05) is 48.5 Å². The maximum Gasteiger partial charge on any atom is 0.323 e. The van der Waals surface area contributed by atoms with Gasteiger partial charge in [0.25, 0.3) is 0 Å². The maximum atomic E-state index is 12.3. The Bertz CT molecular complexity index is 879. The first-order chi connectivity index (χ1) is 12.2. The molecule has 0 saturated heterocycles. The Balaban J connectivity index is 1.79. The van der Waals surface area contributed by atoms with E-state index in [2.05, 4.69) is 10.6 Å². The van der Waals surface area contributed by atoms with Gasteiger partial charge >= 0.3 is 6.03 Å². The molecule has 25 heavy (non-hydrogen) atoms. The first-order valence-electron chi connectivity index (χ1n) is 7.77.